The van der Waals surface area contributed by atoms with Crippen LogP contribution in [0.25, 0.3) is 0 Å². The first kappa shape index (κ1) is 53.6. The highest BCUT2D eigenvalue weighted by Gasteiger charge is 2.24. The van der Waals surface area contributed by atoms with Crippen molar-refractivity contribution in [3.05, 3.63) is 60.8 Å². The lowest BCUT2D eigenvalue weighted by atomic mass is 10.0. The van der Waals surface area contributed by atoms with Gasteiger partial charge in [-0.1, -0.05) is 204 Å². The third-order valence-corrected chi connectivity index (χ3v) is 10.4. The number of allylic oxidation sites excluding steroid dienone is 10. The van der Waals surface area contributed by atoms with Crippen molar-refractivity contribution in [2.75, 3.05) is 6.61 Å². The van der Waals surface area contributed by atoms with E-state index in [0.29, 0.717) is 19.3 Å². The number of nitrogens with one attached hydrogen (secondary N) is 1. The Morgan fingerprint density at radius 2 is 1.00 bits per heavy atom. The lowest BCUT2D eigenvalue weighted by Gasteiger charge is -2.24. The Kier molecular flexibility index (Phi) is 41.8. The number of carbonyl (C=O) groups is 2. The summed E-state index contributed by atoms with van der Waals surface area (Å²) in [5, 5.41) is 23.6. The largest absolute Gasteiger partial charge is 0.462 e. The van der Waals surface area contributed by atoms with E-state index in [-0.39, 0.29) is 24.9 Å². The maximum absolute atomic E-state index is 13.1. The molecule has 0 aromatic heterocycles. The van der Waals surface area contributed by atoms with E-state index in [1.54, 1.807) is 0 Å². The molecule has 0 heterocycles. The molecule has 0 spiro atoms. The van der Waals surface area contributed by atoms with E-state index in [9.17, 15) is 19.8 Å². The van der Waals surface area contributed by atoms with Gasteiger partial charge in [-0.2, -0.15) is 0 Å². The number of esters is 1. The molecule has 3 N–H and O–H groups in total. The molecule has 56 heavy (non-hydrogen) atoms. The van der Waals surface area contributed by atoms with Gasteiger partial charge in [0, 0.05) is 6.42 Å². The van der Waals surface area contributed by atoms with Crippen molar-refractivity contribution < 1.29 is 24.5 Å². The summed E-state index contributed by atoms with van der Waals surface area (Å²) in [5.74, 6) is -0.563. The normalized spacial score (nSPS) is 13.9. The number of rotatable bonds is 41. The highest BCUT2D eigenvalue weighted by Crippen LogP contribution is 2.16. The molecule has 3 unspecified atom stereocenters. The quantitative estimate of drug-likeness (QED) is 0.0248. The van der Waals surface area contributed by atoms with Crippen LogP contribution < -0.4 is 5.32 Å². The topological polar surface area (TPSA) is 95.9 Å². The van der Waals surface area contributed by atoms with Gasteiger partial charge < -0.3 is 20.3 Å². The number of aliphatic hydroxyl groups excluding tert-OH is 2. The number of carbonyl (C=O) groups excluding carboxylic acids is 2. The third kappa shape index (κ3) is 38.4. The molecule has 0 aliphatic rings. The van der Waals surface area contributed by atoms with Gasteiger partial charge in [-0.15, -0.1) is 0 Å². The number of hydrogen-bond acceptors (Lipinski definition) is 5. The van der Waals surface area contributed by atoms with Crippen molar-refractivity contribution >= 4 is 11.9 Å². The van der Waals surface area contributed by atoms with Crippen LogP contribution in [0.2, 0.25) is 0 Å². The molecule has 0 bridgehead atoms. The molecule has 0 fully saturated rings. The molecule has 6 heteroatoms. The lowest BCUT2D eigenvalue weighted by Crippen LogP contribution is -2.46. The zero-order valence-electron chi connectivity index (χ0n) is 36.8. The monoisotopic (exact) mass is 784 g/mol. The summed E-state index contributed by atoms with van der Waals surface area (Å²) < 4.78 is 5.86. The van der Waals surface area contributed by atoms with Crippen molar-refractivity contribution in [2.45, 2.75) is 238 Å². The van der Waals surface area contributed by atoms with Crippen LogP contribution in [-0.2, 0) is 14.3 Å². The summed E-state index contributed by atoms with van der Waals surface area (Å²) in [6, 6.07) is -0.725. The lowest BCUT2D eigenvalue weighted by molar-refractivity contribution is -0.151. The molecule has 0 saturated carbocycles. The second-order valence-electron chi connectivity index (χ2n) is 15.9. The van der Waals surface area contributed by atoms with Crippen LogP contribution in [-0.4, -0.2) is 46.9 Å². The fourth-order valence-electron chi connectivity index (χ4n) is 6.85. The van der Waals surface area contributed by atoms with E-state index in [1.165, 1.54) is 103 Å². The van der Waals surface area contributed by atoms with Gasteiger partial charge in [0.05, 0.1) is 25.2 Å². The Labute approximate surface area is 346 Å². The second kappa shape index (κ2) is 43.7. The fourth-order valence-corrected chi connectivity index (χ4v) is 6.85. The zero-order valence-corrected chi connectivity index (χ0v) is 36.8. The molecular weight excluding hydrogens is 695 g/mol. The number of hydrogen-bond donors (Lipinski definition) is 3. The van der Waals surface area contributed by atoms with Crippen LogP contribution in [0.4, 0.5) is 0 Å². The van der Waals surface area contributed by atoms with Crippen LogP contribution in [0.3, 0.4) is 0 Å². The average molecular weight is 784 g/mol. The van der Waals surface area contributed by atoms with Crippen LogP contribution in [0.15, 0.2) is 60.8 Å². The number of unbranched alkanes of at least 4 members (excludes halogenated alkanes) is 22. The van der Waals surface area contributed by atoms with Crippen LogP contribution in [0.5, 0.6) is 0 Å². The van der Waals surface area contributed by atoms with Crippen molar-refractivity contribution in [2.24, 2.45) is 0 Å². The summed E-state index contributed by atoms with van der Waals surface area (Å²) in [6.07, 6.45) is 52.9. The molecule has 1 amide bonds. The molecular formula is C50H89NO5. The van der Waals surface area contributed by atoms with Crippen molar-refractivity contribution in [3.8, 4) is 0 Å². The first-order valence-corrected chi connectivity index (χ1v) is 23.6. The van der Waals surface area contributed by atoms with E-state index in [2.05, 4.69) is 50.4 Å². The van der Waals surface area contributed by atoms with E-state index < -0.39 is 18.2 Å². The van der Waals surface area contributed by atoms with Gasteiger partial charge in [-0.05, 0) is 64.2 Å². The Hall–Kier alpha value is -2.44. The first-order valence-electron chi connectivity index (χ1n) is 23.6. The Morgan fingerprint density at radius 1 is 0.536 bits per heavy atom. The molecule has 0 radical (unpaired) electrons. The van der Waals surface area contributed by atoms with Crippen molar-refractivity contribution in [3.63, 3.8) is 0 Å². The van der Waals surface area contributed by atoms with Gasteiger partial charge in [0.1, 0.15) is 6.10 Å². The van der Waals surface area contributed by atoms with Gasteiger partial charge >= 0.3 is 5.97 Å². The predicted octanol–water partition coefficient (Wildman–Crippen LogP) is 13.7. The summed E-state index contributed by atoms with van der Waals surface area (Å²) >= 11 is 0. The van der Waals surface area contributed by atoms with Gasteiger partial charge in [-0.25, -0.2) is 0 Å². The molecule has 0 aliphatic carbocycles. The fraction of sp³-hybridized carbons (Fsp3) is 0.760. The SMILES string of the molecule is CC/C=C/C=C/C=C\C=C/CCCC(CC(=O)NC(CO)C(O)CCCCCCCCCCCCCC)OC(=O)CCCCC/C=C\CCCCCCCCC. The van der Waals surface area contributed by atoms with Gasteiger partial charge in [0.2, 0.25) is 5.91 Å². The molecule has 324 valence electrons. The second-order valence-corrected chi connectivity index (χ2v) is 15.9. The van der Waals surface area contributed by atoms with E-state index in [4.69, 9.17) is 4.74 Å². The molecule has 0 aromatic carbocycles. The van der Waals surface area contributed by atoms with Crippen LogP contribution in [0.1, 0.15) is 220 Å². The summed E-state index contributed by atoms with van der Waals surface area (Å²) in [7, 11) is 0. The Morgan fingerprint density at radius 3 is 1.54 bits per heavy atom. The Bertz CT molecular complexity index is 1010. The standard InChI is InChI=1S/C50H89NO5/c1-4-7-10-13-16-19-22-24-25-28-31-34-37-40-43-50(55)56-46(41-38-35-32-29-26-21-18-15-12-9-6-3)44-49(54)51-47(45-52)48(53)42-39-36-33-30-27-23-20-17-14-11-8-5-2/h9,12,15,18,21,25-26,28-29,32,46-48,52-53H,4-8,10-11,13-14,16-17,19-20,22-24,27,30-31,33-45H2,1-3H3,(H,51,54)/b12-9+,18-15+,26-21-,28-25-,32-29-. The maximum Gasteiger partial charge on any atom is 0.306 e. The van der Waals surface area contributed by atoms with Crippen LogP contribution >= 0.6 is 0 Å². The minimum Gasteiger partial charge on any atom is -0.462 e. The average Bonchev–Trinajstić information content (AvgIpc) is 3.19. The highest BCUT2D eigenvalue weighted by molar-refractivity contribution is 5.77. The summed E-state index contributed by atoms with van der Waals surface area (Å²) in [5.41, 5.74) is 0. The molecule has 3 atom stereocenters. The van der Waals surface area contributed by atoms with Gasteiger partial charge in [-0.3, -0.25) is 9.59 Å². The minimum atomic E-state index is -0.807. The van der Waals surface area contributed by atoms with E-state index in [0.717, 1.165) is 70.6 Å². The number of amides is 1. The molecule has 0 aromatic rings. The van der Waals surface area contributed by atoms with Gasteiger partial charge in [0.15, 0.2) is 0 Å². The van der Waals surface area contributed by atoms with Crippen molar-refractivity contribution in [1.29, 1.82) is 0 Å². The van der Waals surface area contributed by atoms with E-state index >= 15 is 0 Å². The minimum absolute atomic E-state index is 0.0246. The molecule has 0 aliphatic heterocycles. The van der Waals surface area contributed by atoms with Crippen molar-refractivity contribution in [1.82, 2.24) is 5.32 Å². The Balaban J connectivity index is 4.67. The highest BCUT2D eigenvalue weighted by atomic mass is 16.5. The molecule has 6 nitrogen and oxygen atoms in total. The molecule has 0 saturated heterocycles. The summed E-state index contributed by atoms with van der Waals surface area (Å²) in [6.45, 7) is 6.29. The first-order chi connectivity index (χ1) is 27.5. The van der Waals surface area contributed by atoms with Gasteiger partial charge in [0.25, 0.3) is 0 Å². The maximum atomic E-state index is 13.1. The summed E-state index contributed by atoms with van der Waals surface area (Å²) in [4.78, 5) is 26.0. The van der Waals surface area contributed by atoms with E-state index in [1.807, 2.05) is 36.5 Å². The predicted molar refractivity (Wildman–Crippen MR) is 241 cm³/mol. The number of ether oxygens (including phenoxy) is 1. The smallest absolute Gasteiger partial charge is 0.306 e. The number of aliphatic hydroxyl groups is 2. The zero-order chi connectivity index (χ0) is 41.0. The van der Waals surface area contributed by atoms with Crippen LogP contribution in [0, 0.1) is 0 Å². The molecule has 0 rings (SSSR count). The third-order valence-electron chi connectivity index (χ3n) is 10.4.